The number of nitrogens with one attached hydrogen (secondary N) is 1. The maximum absolute atomic E-state index is 13.6. The van der Waals surface area contributed by atoms with E-state index in [4.69, 9.17) is 9.47 Å². The number of carbonyl (C=O) groups excluding carboxylic acids is 2. The second kappa shape index (κ2) is 9.74. The minimum absolute atomic E-state index is 0.00257. The van der Waals surface area contributed by atoms with E-state index in [0.717, 1.165) is 49.0 Å². The average Bonchev–Trinajstić information content (AvgIpc) is 3.29. The summed E-state index contributed by atoms with van der Waals surface area (Å²) in [5, 5.41) is 3.17. The number of methoxy groups -OCH3 is 2. The fourth-order valence-corrected chi connectivity index (χ4v) is 5.40. The van der Waals surface area contributed by atoms with Gasteiger partial charge in [0.1, 0.15) is 5.75 Å². The zero-order valence-electron chi connectivity index (χ0n) is 18.9. The summed E-state index contributed by atoms with van der Waals surface area (Å²) in [6.07, 6.45) is 4.47. The Balaban J connectivity index is 1.58. The first kappa shape index (κ1) is 22.3. The first-order valence-corrected chi connectivity index (χ1v) is 11.4. The molecule has 4 rings (SSSR count). The minimum Gasteiger partial charge on any atom is -0.497 e. The van der Waals surface area contributed by atoms with Crippen LogP contribution in [-0.4, -0.2) is 56.2 Å². The quantitative estimate of drug-likeness (QED) is 0.687. The number of carbonyl (C=O) groups is 2. The van der Waals surface area contributed by atoms with Gasteiger partial charge in [-0.05, 0) is 48.6 Å². The number of nitrogens with zero attached hydrogens (tertiary/aromatic N) is 1. The molecule has 1 aliphatic heterocycles. The van der Waals surface area contributed by atoms with Gasteiger partial charge in [0, 0.05) is 25.8 Å². The fourth-order valence-electron chi connectivity index (χ4n) is 5.40. The van der Waals surface area contributed by atoms with Gasteiger partial charge in [0.2, 0.25) is 5.91 Å². The first-order valence-electron chi connectivity index (χ1n) is 11.4. The average molecular weight is 437 g/mol. The summed E-state index contributed by atoms with van der Waals surface area (Å²) in [5.74, 6) is 0.469. The molecular formula is C26H32N2O4. The molecule has 2 aromatic rings. The van der Waals surface area contributed by atoms with E-state index >= 15 is 0 Å². The summed E-state index contributed by atoms with van der Waals surface area (Å²) in [6.45, 7) is 1.51. The Morgan fingerprint density at radius 2 is 1.81 bits per heavy atom. The van der Waals surface area contributed by atoms with Gasteiger partial charge in [0.15, 0.2) is 0 Å². The predicted molar refractivity (Wildman–Crippen MR) is 123 cm³/mol. The highest BCUT2D eigenvalue weighted by Crippen LogP contribution is 2.50. The van der Waals surface area contributed by atoms with Crippen molar-refractivity contribution < 1.29 is 19.1 Å². The zero-order valence-corrected chi connectivity index (χ0v) is 18.9. The molecule has 170 valence electrons. The van der Waals surface area contributed by atoms with Crippen molar-refractivity contribution in [3.63, 3.8) is 0 Å². The lowest BCUT2D eigenvalue weighted by molar-refractivity contribution is -0.126. The Labute approximate surface area is 189 Å². The summed E-state index contributed by atoms with van der Waals surface area (Å²) >= 11 is 0. The summed E-state index contributed by atoms with van der Waals surface area (Å²) < 4.78 is 10.5. The molecule has 1 atom stereocenters. The van der Waals surface area contributed by atoms with E-state index in [2.05, 4.69) is 5.32 Å². The summed E-state index contributed by atoms with van der Waals surface area (Å²) in [6, 6.07) is 15.5. The van der Waals surface area contributed by atoms with Crippen LogP contribution in [0.2, 0.25) is 0 Å². The van der Waals surface area contributed by atoms with Crippen molar-refractivity contribution in [2.45, 2.75) is 43.6 Å². The molecular weight excluding hydrogens is 404 g/mol. The van der Waals surface area contributed by atoms with Crippen LogP contribution in [0.25, 0.3) is 0 Å². The Bertz CT molecular complexity index is 951. The molecule has 6 heteroatoms. The maximum Gasteiger partial charge on any atom is 0.254 e. The van der Waals surface area contributed by atoms with E-state index in [1.54, 1.807) is 14.2 Å². The number of amides is 2. The van der Waals surface area contributed by atoms with E-state index in [0.29, 0.717) is 25.3 Å². The molecule has 0 radical (unpaired) electrons. The third-order valence-corrected chi connectivity index (χ3v) is 6.94. The SMILES string of the molecule is COCCN1C(=O)c2ccccc2C(C(=O)NCCc2ccc(OC)cc2)C12CCCC2. The molecule has 1 aliphatic carbocycles. The van der Waals surface area contributed by atoms with Crippen LogP contribution in [0, 0.1) is 0 Å². The van der Waals surface area contributed by atoms with Crippen LogP contribution in [0.4, 0.5) is 0 Å². The van der Waals surface area contributed by atoms with Gasteiger partial charge in [-0.3, -0.25) is 9.59 Å². The topological polar surface area (TPSA) is 67.9 Å². The molecule has 0 bridgehead atoms. The second-order valence-corrected chi connectivity index (χ2v) is 8.67. The lowest BCUT2D eigenvalue weighted by Gasteiger charge is -2.50. The van der Waals surface area contributed by atoms with Crippen LogP contribution in [0.15, 0.2) is 48.5 Å². The fraction of sp³-hybridized carbons (Fsp3) is 0.462. The maximum atomic E-state index is 13.6. The highest BCUT2D eigenvalue weighted by molar-refractivity contribution is 6.02. The Morgan fingerprint density at radius 1 is 1.09 bits per heavy atom. The van der Waals surface area contributed by atoms with Crippen molar-refractivity contribution in [2.75, 3.05) is 33.9 Å². The highest BCUT2D eigenvalue weighted by atomic mass is 16.5. The second-order valence-electron chi connectivity index (χ2n) is 8.67. The van der Waals surface area contributed by atoms with Crippen LogP contribution in [-0.2, 0) is 16.0 Å². The van der Waals surface area contributed by atoms with Gasteiger partial charge in [-0.1, -0.05) is 43.2 Å². The van der Waals surface area contributed by atoms with Crippen LogP contribution in [0.3, 0.4) is 0 Å². The van der Waals surface area contributed by atoms with Crippen molar-refractivity contribution in [3.8, 4) is 5.75 Å². The van der Waals surface area contributed by atoms with Crippen molar-refractivity contribution in [1.29, 1.82) is 0 Å². The monoisotopic (exact) mass is 436 g/mol. The summed E-state index contributed by atoms with van der Waals surface area (Å²) in [4.78, 5) is 29.0. The van der Waals surface area contributed by atoms with E-state index in [9.17, 15) is 9.59 Å². The molecule has 2 aromatic carbocycles. The molecule has 1 N–H and O–H groups in total. The molecule has 1 fully saturated rings. The Kier molecular flexibility index (Phi) is 6.80. The number of fused-ring (bicyclic) bond motifs is 1. The van der Waals surface area contributed by atoms with Crippen LogP contribution in [0.1, 0.15) is 53.1 Å². The predicted octanol–water partition coefficient (Wildman–Crippen LogP) is 3.55. The number of ether oxygens (including phenoxy) is 2. The van der Waals surface area contributed by atoms with Gasteiger partial charge in [-0.25, -0.2) is 0 Å². The number of benzene rings is 2. The van der Waals surface area contributed by atoms with Crippen LogP contribution in [0.5, 0.6) is 5.75 Å². The van der Waals surface area contributed by atoms with Gasteiger partial charge in [-0.2, -0.15) is 0 Å². The van der Waals surface area contributed by atoms with Gasteiger partial charge in [0.05, 0.1) is 25.2 Å². The lowest BCUT2D eigenvalue weighted by Crippen LogP contribution is -2.61. The number of hydrogen-bond donors (Lipinski definition) is 1. The van der Waals surface area contributed by atoms with Gasteiger partial charge < -0.3 is 19.7 Å². The lowest BCUT2D eigenvalue weighted by atomic mass is 9.71. The largest absolute Gasteiger partial charge is 0.497 e. The molecule has 1 saturated carbocycles. The van der Waals surface area contributed by atoms with Crippen molar-refractivity contribution in [2.24, 2.45) is 0 Å². The Morgan fingerprint density at radius 3 is 2.50 bits per heavy atom. The van der Waals surface area contributed by atoms with Crippen LogP contribution < -0.4 is 10.1 Å². The van der Waals surface area contributed by atoms with Crippen LogP contribution >= 0.6 is 0 Å². The minimum atomic E-state index is -0.478. The smallest absolute Gasteiger partial charge is 0.254 e. The number of rotatable bonds is 8. The van der Waals surface area contributed by atoms with E-state index in [1.807, 2.05) is 53.4 Å². The van der Waals surface area contributed by atoms with Gasteiger partial charge in [0.25, 0.3) is 5.91 Å². The molecule has 2 amide bonds. The third kappa shape index (κ3) is 4.11. The molecule has 2 aliphatic rings. The molecule has 1 unspecified atom stereocenters. The molecule has 1 spiro atoms. The molecule has 32 heavy (non-hydrogen) atoms. The molecule has 1 heterocycles. The van der Waals surface area contributed by atoms with E-state index in [-0.39, 0.29) is 17.7 Å². The van der Waals surface area contributed by atoms with Crippen molar-refractivity contribution >= 4 is 11.8 Å². The van der Waals surface area contributed by atoms with Crippen molar-refractivity contribution in [3.05, 3.63) is 65.2 Å². The molecule has 0 saturated heterocycles. The number of hydrogen-bond acceptors (Lipinski definition) is 4. The Hall–Kier alpha value is -2.86. The van der Waals surface area contributed by atoms with E-state index < -0.39 is 5.54 Å². The summed E-state index contributed by atoms with van der Waals surface area (Å²) in [7, 11) is 3.30. The van der Waals surface area contributed by atoms with E-state index in [1.165, 1.54) is 0 Å². The highest BCUT2D eigenvalue weighted by Gasteiger charge is 2.55. The third-order valence-electron chi connectivity index (χ3n) is 6.94. The summed E-state index contributed by atoms with van der Waals surface area (Å²) in [5.41, 5.74) is 2.16. The van der Waals surface area contributed by atoms with Gasteiger partial charge >= 0.3 is 0 Å². The zero-order chi connectivity index (χ0) is 22.6. The standard InChI is InChI=1S/C26H32N2O4/c1-31-18-17-28-25(30)22-8-4-3-7-21(22)23(26(28)14-5-6-15-26)24(29)27-16-13-19-9-11-20(32-2)12-10-19/h3-4,7-12,23H,5-6,13-18H2,1-2H3,(H,27,29). The molecule has 6 nitrogen and oxygen atoms in total. The normalized spacial score (nSPS) is 19.1. The van der Waals surface area contributed by atoms with Gasteiger partial charge in [-0.15, -0.1) is 0 Å². The molecule has 0 aromatic heterocycles. The first-order chi connectivity index (χ1) is 15.6. The van der Waals surface area contributed by atoms with Crippen molar-refractivity contribution in [1.82, 2.24) is 10.2 Å².